The first-order chi connectivity index (χ1) is 21.4. The fourth-order valence-electron chi connectivity index (χ4n) is 5.32. The highest BCUT2D eigenvalue weighted by Crippen LogP contribution is 2.27. The Bertz CT molecular complexity index is 2040. The number of piperazine rings is 1. The Kier molecular flexibility index (Phi) is 7.91. The summed E-state index contributed by atoms with van der Waals surface area (Å²) in [6, 6.07) is 15.3. The van der Waals surface area contributed by atoms with Crippen LogP contribution in [0.2, 0.25) is 10.2 Å². The molecule has 1 N–H and O–H groups in total. The Hall–Kier alpha value is -4.62. The summed E-state index contributed by atoms with van der Waals surface area (Å²) < 4.78 is 56.6. The number of H-pyrrole nitrogens is 1. The SMILES string of the molecule is O=C(c1cc(Cc2c[nH]c(=O)c3cc(Cl)c(Cl)n23)ccc1F)N1CCN(c2ccc3ccccc3[n+]2OC(=O)C(F)(F)F)CC1. The van der Waals surface area contributed by atoms with Crippen molar-refractivity contribution in [3.63, 3.8) is 0 Å². The van der Waals surface area contributed by atoms with Crippen LogP contribution in [0.1, 0.15) is 21.6 Å². The van der Waals surface area contributed by atoms with Crippen LogP contribution in [0, 0.1) is 5.82 Å². The van der Waals surface area contributed by atoms with Gasteiger partial charge in [0.1, 0.15) is 29.6 Å². The average Bonchev–Trinajstić information content (AvgIpc) is 3.33. The van der Waals surface area contributed by atoms with Gasteiger partial charge in [-0.2, -0.15) is 13.2 Å². The number of hydrogen-bond donors (Lipinski definition) is 1. The minimum atomic E-state index is -5.21. The van der Waals surface area contributed by atoms with E-state index in [0.29, 0.717) is 16.6 Å². The Labute approximate surface area is 261 Å². The molecule has 0 aliphatic carbocycles. The summed E-state index contributed by atoms with van der Waals surface area (Å²) in [6.45, 7) is 0.551. The van der Waals surface area contributed by atoms with Crippen molar-refractivity contribution >= 4 is 57.3 Å². The van der Waals surface area contributed by atoms with Gasteiger partial charge in [0.15, 0.2) is 5.52 Å². The van der Waals surface area contributed by atoms with Gasteiger partial charge in [0, 0.05) is 29.8 Å². The van der Waals surface area contributed by atoms with E-state index in [1.54, 1.807) is 29.2 Å². The van der Waals surface area contributed by atoms with Gasteiger partial charge < -0.3 is 9.88 Å². The first-order valence-electron chi connectivity index (χ1n) is 13.6. The zero-order valence-corrected chi connectivity index (χ0v) is 24.6. The van der Waals surface area contributed by atoms with Crippen LogP contribution in [0.15, 0.2) is 71.7 Å². The van der Waals surface area contributed by atoms with E-state index in [1.165, 1.54) is 51.9 Å². The van der Waals surface area contributed by atoms with Gasteiger partial charge in [0.25, 0.3) is 11.5 Å². The predicted octanol–water partition coefficient (Wildman–Crippen LogP) is 4.58. The van der Waals surface area contributed by atoms with E-state index >= 15 is 0 Å². The van der Waals surface area contributed by atoms with Crippen molar-refractivity contribution in [1.29, 1.82) is 0 Å². The second-order valence-electron chi connectivity index (χ2n) is 10.3. The Morgan fingerprint density at radius 3 is 2.44 bits per heavy atom. The van der Waals surface area contributed by atoms with Crippen LogP contribution < -0.4 is 20.0 Å². The number of pyridine rings is 1. The van der Waals surface area contributed by atoms with Gasteiger partial charge in [-0.3, -0.25) is 18.9 Å². The fraction of sp³-hybridized carbons (Fsp3) is 0.200. The number of aromatic amines is 1. The average molecular weight is 663 g/mol. The summed E-state index contributed by atoms with van der Waals surface area (Å²) >= 11 is 12.4. The third-order valence-corrected chi connectivity index (χ3v) is 8.26. The number of hydrogen-bond acceptors (Lipinski definition) is 5. The van der Waals surface area contributed by atoms with Gasteiger partial charge in [0.05, 0.1) is 23.7 Å². The molecule has 0 radical (unpaired) electrons. The molecule has 2 aromatic carbocycles. The molecule has 1 fully saturated rings. The Morgan fingerprint density at radius 2 is 1.71 bits per heavy atom. The number of halogens is 6. The second kappa shape index (κ2) is 11.7. The smallest absolute Gasteiger partial charge is 0.331 e. The van der Waals surface area contributed by atoms with Crippen molar-refractivity contribution < 1.29 is 36.7 Å². The van der Waals surface area contributed by atoms with Crippen molar-refractivity contribution in [3.8, 4) is 0 Å². The van der Waals surface area contributed by atoms with Crippen LogP contribution in [0.5, 0.6) is 0 Å². The molecule has 9 nitrogen and oxygen atoms in total. The van der Waals surface area contributed by atoms with Crippen LogP contribution in [0.4, 0.5) is 23.4 Å². The molecule has 1 aliphatic heterocycles. The summed E-state index contributed by atoms with van der Waals surface area (Å²) in [5.74, 6) is -3.50. The first kappa shape index (κ1) is 30.4. The monoisotopic (exact) mass is 662 g/mol. The van der Waals surface area contributed by atoms with Crippen molar-refractivity contribution in [3.05, 3.63) is 110 Å². The van der Waals surface area contributed by atoms with Gasteiger partial charge in [-0.25, -0.2) is 14.0 Å². The maximum Gasteiger partial charge on any atom is 0.495 e. The lowest BCUT2D eigenvalue weighted by Gasteiger charge is -2.31. The molecule has 6 rings (SSSR count). The number of carbonyl (C=O) groups is 2. The Balaban J connectivity index is 1.22. The second-order valence-corrected chi connectivity index (χ2v) is 11.1. The summed E-state index contributed by atoms with van der Waals surface area (Å²) in [4.78, 5) is 48.0. The van der Waals surface area contributed by atoms with Crippen LogP contribution in [0.25, 0.3) is 16.4 Å². The molecule has 3 aromatic heterocycles. The number of para-hydroxylation sites is 1. The van der Waals surface area contributed by atoms with E-state index in [4.69, 9.17) is 28.0 Å². The minimum absolute atomic E-state index is 0.112. The number of aromatic nitrogens is 3. The number of amides is 1. The van der Waals surface area contributed by atoms with E-state index in [9.17, 15) is 31.9 Å². The van der Waals surface area contributed by atoms with E-state index < -0.39 is 29.4 Å². The lowest BCUT2D eigenvalue weighted by atomic mass is 10.0. The molecule has 5 aromatic rings. The maximum atomic E-state index is 15.0. The molecular weight excluding hydrogens is 641 g/mol. The van der Waals surface area contributed by atoms with E-state index in [2.05, 4.69) is 4.98 Å². The van der Waals surface area contributed by atoms with Gasteiger partial charge >= 0.3 is 18.0 Å². The molecule has 232 valence electrons. The molecule has 45 heavy (non-hydrogen) atoms. The quantitative estimate of drug-likeness (QED) is 0.220. The fourth-order valence-corrected chi connectivity index (χ4v) is 5.76. The molecule has 4 heterocycles. The third kappa shape index (κ3) is 5.80. The van der Waals surface area contributed by atoms with Crippen molar-refractivity contribution in [2.24, 2.45) is 0 Å². The lowest BCUT2D eigenvalue weighted by molar-refractivity contribution is -0.839. The normalized spacial score (nSPS) is 13.9. The van der Waals surface area contributed by atoms with Crippen molar-refractivity contribution in [2.45, 2.75) is 12.6 Å². The molecule has 0 saturated carbocycles. The zero-order chi connectivity index (χ0) is 32.0. The number of carbonyl (C=O) groups excluding carboxylic acids is 2. The van der Waals surface area contributed by atoms with Gasteiger partial charge in [-0.15, -0.1) is 0 Å². The molecule has 1 saturated heterocycles. The first-order valence-corrected chi connectivity index (χ1v) is 14.3. The van der Waals surface area contributed by atoms with Crippen molar-refractivity contribution in [2.75, 3.05) is 31.1 Å². The van der Waals surface area contributed by atoms with E-state index in [0.717, 1.165) is 4.73 Å². The summed E-state index contributed by atoms with van der Waals surface area (Å²) in [5.41, 5.74) is 1.03. The zero-order valence-electron chi connectivity index (χ0n) is 23.1. The largest absolute Gasteiger partial charge is 0.495 e. The Morgan fingerprint density at radius 1 is 0.978 bits per heavy atom. The van der Waals surface area contributed by atoms with Crippen LogP contribution in [0.3, 0.4) is 0 Å². The number of fused-ring (bicyclic) bond motifs is 2. The topological polar surface area (TPSA) is 91.0 Å². The molecule has 1 amide bonds. The summed E-state index contributed by atoms with van der Waals surface area (Å²) in [5, 5.41) is 0.881. The number of nitrogens with zero attached hydrogens (tertiary/aromatic N) is 4. The van der Waals surface area contributed by atoms with Crippen molar-refractivity contribution in [1.82, 2.24) is 14.3 Å². The molecule has 0 atom stereocenters. The molecule has 0 bridgehead atoms. The standard InChI is InChI=1S/C30H21Cl2F4N5O4/c31-21-15-24-27(42)37-16-19(40(24)26(21)32)13-17-5-7-22(33)20(14-17)28(43)39-11-9-38(10-12-39)25-8-6-18-3-1-2-4-23(18)41(25)45-29(44)30(34,35)36/h1-8,14-16H,9-13H2/p+1. The highest BCUT2D eigenvalue weighted by Gasteiger charge is 2.44. The third-order valence-electron chi connectivity index (χ3n) is 7.51. The maximum absolute atomic E-state index is 15.0. The number of nitrogens with one attached hydrogen (secondary N) is 1. The predicted molar refractivity (Wildman–Crippen MR) is 157 cm³/mol. The van der Waals surface area contributed by atoms with Crippen LogP contribution in [-0.4, -0.2) is 58.5 Å². The number of alkyl halides is 3. The minimum Gasteiger partial charge on any atom is -0.331 e. The van der Waals surface area contributed by atoms with Gasteiger partial charge in [-0.05, 0) is 40.6 Å². The van der Waals surface area contributed by atoms with E-state index in [-0.39, 0.29) is 65.2 Å². The molecule has 0 spiro atoms. The highest BCUT2D eigenvalue weighted by molar-refractivity contribution is 6.42. The number of rotatable bonds is 5. The summed E-state index contributed by atoms with van der Waals surface area (Å²) in [7, 11) is 0. The molecule has 15 heteroatoms. The van der Waals surface area contributed by atoms with E-state index in [1.807, 2.05) is 0 Å². The molecule has 0 unspecified atom stereocenters. The van der Waals surface area contributed by atoms with Crippen LogP contribution in [-0.2, 0) is 11.2 Å². The summed E-state index contributed by atoms with van der Waals surface area (Å²) in [6.07, 6.45) is -3.56. The van der Waals surface area contributed by atoms with Crippen LogP contribution >= 0.6 is 23.2 Å². The lowest BCUT2D eigenvalue weighted by Crippen LogP contribution is -2.57. The molecular formula is C30H22Cl2F4N5O4+. The molecule has 1 aliphatic rings. The highest BCUT2D eigenvalue weighted by atomic mass is 35.5. The van der Waals surface area contributed by atoms with Gasteiger partial charge in [-0.1, -0.05) is 47.5 Å². The number of benzene rings is 2. The van der Waals surface area contributed by atoms with Gasteiger partial charge in [0.2, 0.25) is 0 Å². The number of anilines is 1.